The van der Waals surface area contributed by atoms with E-state index in [-0.39, 0.29) is 18.4 Å². The molecule has 6 heteroatoms. The maximum absolute atomic E-state index is 11.9. The molecule has 0 bridgehead atoms. The number of carbonyl (C=O) groups is 2. The van der Waals surface area contributed by atoms with Crippen molar-refractivity contribution in [1.82, 2.24) is 10.2 Å². The minimum absolute atomic E-state index is 0.0258. The molecule has 0 saturated heterocycles. The van der Waals surface area contributed by atoms with E-state index in [1.54, 1.807) is 41.5 Å². The summed E-state index contributed by atoms with van der Waals surface area (Å²) in [6.45, 7) is 0.516. The number of furan rings is 1. The zero-order valence-electron chi connectivity index (χ0n) is 11.6. The number of hydrogen-bond acceptors (Lipinski definition) is 4. The quantitative estimate of drug-likeness (QED) is 0.832. The van der Waals surface area contributed by atoms with Gasteiger partial charge < -0.3 is 14.6 Å². The standard InChI is InChI=1S/C15H16N2O3S/c1-17(10-12-6-8-21-11-12)15(19)9-16-14(18)5-4-13-3-2-7-20-13/h2-8,11H,9-10H2,1H3,(H,16,18). The predicted octanol–water partition coefficient (Wildman–Crippen LogP) is 2.13. The van der Waals surface area contributed by atoms with Crippen LogP contribution < -0.4 is 5.32 Å². The Labute approximate surface area is 126 Å². The van der Waals surface area contributed by atoms with Crippen LogP contribution in [0.4, 0.5) is 0 Å². The fraction of sp³-hybridized carbons (Fsp3) is 0.200. The molecule has 0 unspecified atom stereocenters. The summed E-state index contributed by atoms with van der Waals surface area (Å²) in [5.74, 6) is 0.121. The average Bonchev–Trinajstić information content (AvgIpc) is 3.15. The molecule has 0 aromatic carbocycles. The van der Waals surface area contributed by atoms with E-state index in [9.17, 15) is 9.59 Å². The molecule has 2 heterocycles. The van der Waals surface area contributed by atoms with Gasteiger partial charge in [0.2, 0.25) is 11.8 Å². The van der Waals surface area contributed by atoms with Crippen molar-refractivity contribution in [2.24, 2.45) is 0 Å². The van der Waals surface area contributed by atoms with Crippen molar-refractivity contribution in [1.29, 1.82) is 0 Å². The second kappa shape index (κ2) is 7.44. The van der Waals surface area contributed by atoms with Gasteiger partial charge >= 0.3 is 0 Å². The highest BCUT2D eigenvalue weighted by molar-refractivity contribution is 7.07. The Morgan fingerprint density at radius 3 is 2.95 bits per heavy atom. The molecule has 1 N–H and O–H groups in total. The van der Waals surface area contributed by atoms with Gasteiger partial charge in [0.1, 0.15) is 5.76 Å². The number of nitrogens with zero attached hydrogens (tertiary/aromatic N) is 1. The van der Waals surface area contributed by atoms with E-state index >= 15 is 0 Å². The Morgan fingerprint density at radius 1 is 1.43 bits per heavy atom. The largest absolute Gasteiger partial charge is 0.465 e. The molecule has 0 atom stereocenters. The van der Waals surface area contributed by atoms with E-state index in [1.807, 2.05) is 16.8 Å². The first-order chi connectivity index (χ1) is 10.1. The highest BCUT2D eigenvalue weighted by Crippen LogP contribution is 2.08. The van der Waals surface area contributed by atoms with Crippen LogP contribution in [-0.2, 0) is 16.1 Å². The van der Waals surface area contributed by atoms with E-state index in [2.05, 4.69) is 5.32 Å². The van der Waals surface area contributed by atoms with Gasteiger partial charge in [-0.05, 0) is 40.6 Å². The summed E-state index contributed by atoms with van der Waals surface area (Å²) in [5, 5.41) is 6.51. The molecule has 0 fully saturated rings. The SMILES string of the molecule is CN(Cc1ccsc1)C(=O)CNC(=O)C=Cc1ccco1. The number of carbonyl (C=O) groups excluding carboxylic acids is 2. The lowest BCUT2D eigenvalue weighted by Gasteiger charge is -2.16. The van der Waals surface area contributed by atoms with Gasteiger partial charge in [-0.3, -0.25) is 9.59 Å². The number of rotatable bonds is 6. The normalized spacial score (nSPS) is 10.7. The molecule has 21 heavy (non-hydrogen) atoms. The molecule has 2 amide bonds. The third kappa shape index (κ3) is 4.92. The first-order valence-electron chi connectivity index (χ1n) is 6.39. The maximum atomic E-state index is 11.9. The van der Waals surface area contributed by atoms with Gasteiger partial charge in [0.15, 0.2) is 0 Å². The van der Waals surface area contributed by atoms with Gasteiger partial charge in [-0.2, -0.15) is 11.3 Å². The van der Waals surface area contributed by atoms with Crippen molar-refractivity contribution in [3.63, 3.8) is 0 Å². The highest BCUT2D eigenvalue weighted by Gasteiger charge is 2.10. The Hall–Kier alpha value is -2.34. The van der Waals surface area contributed by atoms with Crippen LogP contribution in [0.3, 0.4) is 0 Å². The first-order valence-corrected chi connectivity index (χ1v) is 7.34. The molecule has 2 aromatic heterocycles. The Balaban J connectivity index is 1.74. The van der Waals surface area contributed by atoms with Crippen molar-refractivity contribution < 1.29 is 14.0 Å². The monoisotopic (exact) mass is 304 g/mol. The van der Waals surface area contributed by atoms with E-state index in [1.165, 1.54) is 12.3 Å². The lowest BCUT2D eigenvalue weighted by atomic mass is 10.3. The summed E-state index contributed by atoms with van der Waals surface area (Å²) < 4.78 is 5.07. The summed E-state index contributed by atoms with van der Waals surface area (Å²) in [7, 11) is 1.71. The van der Waals surface area contributed by atoms with Crippen LogP contribution in [0.25, 0.3) is 6.08 Å². The smallest absolute Gasteiger partial charge is 0.244 e. The van der Waals surface area contributed by atoms with Gasteiger partial charge in [-0.25, -0.2) is 0 Å². The lowest BCUT2D eigenvalue weighted by molar-refractivity contribution is -0.131. The van der Waals surface area contributed by atoms with Crippen molar-refractivity contribution in [3.8, 4) is 0 Å². The summed E-state index contributed by atoms with van der Waals surface area (Å²) in [6.07, 6.45) is 4.42. The predicted molar refractivity (Wildman–Crippen MR) is 81.5 cm³/mol. The van der Waals surface area contributed by atoms with Gasteiger partial charge in [0.25, 0.3) is 0 Å². The second-order valence-electron chi connectivity index (χ2n) is 4.45. The van der Waals surface area contributed by atoms with Crippen LogP contribution in [0.2, 0.25) is 0 Å². The molecule has 0 aliphatic rings. The van der Waals surface area contributed by atoms with E-state index in [4.69, 9.17) is 4.42 Å². The Bertz CT molecular complexity index is 603. The number of hydrogen-bond donors (Lipinski definition) is 1. The number of amides is 2. The Morgan fingerprint density at radius 2 is 2.29 bits per heavy atom. The summed E-state index contributed by atoms with van der Waals surface area (Å²) in [5.41, 5.74) is 1.08. The number of likely N-dealkylation sites (N-methyl/N-ethyl adjacent to an activating group) is 1. The third-order valence-corrected chi connectivity index (χ3v) is 3.51. The molecule has 5 nitrogen and oxygen atoms in total. The molecule has 2 rings (SSSR count). The molecule has 110 valence electrons. The van der Waals surface area contributed by atoms with E-state index in [0.717, 1.165) is 5.56 Å². The van der Waals surface area contributed by atoms with Crippen molar-refractivity contribution in [3.05, 3.63) is 52.6 Å². The van der Waals surface area contributed by atoms with Crippen molar-refractivity contribution >= 4 is 29.2 Å². The highest BCUT2D eigenvalue weighted by atomic mass is 32.1. The van der Waals surface area contributed by atoms with Crippen LogP contribution in [0.15, 0.2) is 45.7 Å². The van der Waals surface area contributed by atoms with Crippen LogP contribution in [0.5, 0.6) is 0 Å². The van der Waals surface area contributed by atoms with Gasteiger partial charge in [0.05, 0.1) is 12.8 Å². The number of thiophene rings is 1. The van der Waals surface area contributed by atoms with Crippen LogP contribution >= 0.6 is 11.3 Å². The summed E-state index contributed by atoms with van der Waals surface area (Å²) in [4.78, 5) is 25.0. The molecule has 0 aliphatic heterocycles. The summed E-state index contributed by atoms with van der Waals surface area (Å²) >= 11 is 1.59. The molecule has 0 spiro atoms. The number of nitrogens with one attached hydrogen (secondary N) is 1. The van der Waals surface area contributed by atoms with Crippen molar-refractivity contribution in [2.75, 3.05) is 13.6 Å². The molecule has 0 saturated carbocycles. The first kappa shape index (κ1) is 15.1. The zero-order valence-corrected chi connectivity index (χ0v) is 12.4. The van der Waals surface area contributed by atoms with Gasteiger partial charge in [-0.1, -0.05) is 0 Å². The topological polar surface area (TPSA) is 62.6 Å². The molecule has 0 aliphatic carbocycles. The van der Waals surface area contributed by atoms with Gasteiger partial charge in [0, 0.05) is 19.7 Å². The second-order valence-corrected chi connectivity index (χ2v) is 5.23. The summed E-state index contributed by atoms with van der Waals surface area (Å²) in [6, 6.07) is 5.45. The molecule has 2 aromatic rings. The van der Waals surface area contributed by atoms with E-state index < -0.39 is 0 Å². The van der Waals surface area contributed by atoms with Gasteiger partial charge in [-0.15, -0.1) is 0 Å². The third-order valence-electron chi connectivity index (χ3n) is 2.78. The lowest BCUT2D eigenvalue weighted by Crippen LogP contribution is -2.37. The van der Waals surface area contributed by atoms with E-state index in [0.29, 0.717) is 12.3 Å². The fourth-order valence-corrected chi connectivity index (χ4v) is 2.31. The molecular weight excluding hydrogens is 288 g/mol. The molecule has 0 radical (unpaired) electrons. The minimum atomic E-state index is -0.330. The average molecular weight is 304 g/mol. The minimum Gasteiger partial charge on any atom is -0.465 e. The zero-order chi connectivity index (χ0) is 15.1. The Kier molecular flexibility index (Phi) is 5.34. The molecular formula is C15H16N2O3S. The fourth-order valence-electron chi connectivity index (χ4n) is 1.65. The van der Waals surface area contributed by atoms with Crippen LogP contribution in [0, 0.1) is 0 Å². The maximum Gasteiger partial charge on any atom is 0.244 e. The van der Waals surface area contributed by atoms with Crippen LogP contribution in [-0.4, -0.2) is 30.3 Å². The van der Waals surface area contributed by atoms with Crippen LogP contribution in [0.1, 0.15) is 11.3 Å². The van der Waals surface area contributed by atoms with Crippen molar-refractivity contribution in [2.45, 2.75) is 6.54 Å².